The average molecular weight is 603 g/mol. The molecule has 0 radical (unpaired) electrons. The van der Waals surface area contributed by atoms with Gasteiger partial charge in [-0.3, -0.25) is 4.79 Å². The number of ether oxygens (including phenoxy) is 2. The average Bonchev–Trinajstić information content (AvgIpc) is 3.03. The van der Waals surface area contributed by atoms with Gasteiger partial charge in [0.2, 0.25) is 5.82 Å². The molecule has 0 atom stereocenters. The summed E-state index contributed by atoms with van der Waals surface area (Å²) in [5.41, 5.74) is 1.20. The Hall–Kier alpha value is -2.57. The van der Waals surface area contributed by atoms with Crippen LogP contribution in [0.25, 0.3) is 0 Å². The summed E-state index contributed by atoms with van der Waals surface area (Å²) in [4.78, 5) is 12.9. The second-order valence-electron chi connectivity index (χ2n) is 13.2. The topological polar surface area (TPSA) is 35.5 Å². The first-order valence-electron chi connectivity index (χ1n) is 16.5. The second kappa shape index (κ2) is 14.5. The minimum absolute atomic E-state index is 0.00264. The molecule has 236 valence electrons. The highest BCUT2D eigenvalue weighted by Gasteiger charge is 2.35. The van der Waals surface area contributed by atoms with E-state index < -0.39 is 23.3 Å². The molecular weight excluding hydrogens is 556 g/mol. The van der Waals surface area contributed by atoms with Gasteiger partial charge in [0.05, 0.1) is 12.5 Å². The number of rotatable bonds is 9. The normalized spacial score (nSPS) is 28.0. The van der Waals surface area contributed by atoms with Crippen LogP contribution in [0.15, 0.2) is 24.3 Å². The van der Waals surface area contributed by atoms with E-state index in [4.69, 9.17) is 9.47 Å². The van der Waals surface area contributed by atoms with Crippen molar-refractivity contribution in [3.05, 3.63) is 64.2 Å². The van der Waals surface area contributed by atoms with E-state index >= 15 is 0 Å². The van der Waals surface area contributed by atoms with Crippen molar-refractivity contribution in [2.45, 2.75) is 122 Å². The third kappa shape index (κ3) is 7.39. The molecule has 5 rings (SSSR count). The van der Waals surface area contributed by atoms with Gasteiger partial charge in [-0.25, -0.2) is 13.2 Å². The molecule has 2 aromatic rings. The quantitative estimate of drug-likeness (QED) is 0.163. The largest absolute Gasteiger partial charge is 0.490 e. The Bertz CT molecular complexity index is 1240. The summed E-state index contributed by atoms with van der Waals surface area (Å²) in [5.74, 6) is -2.36. The molecule has 3 aliphatic carbocycles. The number of unbranched alkanes of at least 4 members (excludes halogenated alkanes) is 1. The zero-order chi connectivity index (χ0) is 30.5. The number of hydrogen-bond acceptors (Lipinski definition) is 3. The van der Waals surface area contributed by atoms with Crippen LogP contribution >= 0.6 is 0 Å². The minimum Gasteiger partial charge on any atom is -0.490 e. The highest BCUT2D eigenvalue weighted by molar-refractivity contribution is 5.72. The van der Waals surface area contributed by atoms with E-state index in [-0.39, 0.29) is 35.6 Å². The van der Waals surface area contributed by atoms with E-state index in [1.165, 1.54) is 0 Å². The number of carbonyl (C=O) groups excluding carboxylic acids is 1. The maximum atomic E-state index is 14.9. The summed E-state index contributed by atoms with van der Waals surface area (Å²) < 4.78 is 69.4. The Morgan fingerprint density at radius 3 is 1.84 bits per heavy atom. The predicted molar refractivity (Wildman–Crippen MR) is 159 cm³/mol. The molecule has 7 heteroatoms. The summed E-state index contributed by atoms with van der Waals surface area (Å²) in [6.07, 6.45) is 11.7. The highest BCUT2D eigenvalue weighted by atomic mass is 19.2. The lowest BCUT2D eigenvalue weighted by atomic mass is 9.69. The van der Waals surface area contributed by atoms with Crippen LogP contribution in [-0.4, -0.2) is 18.7 Å². The lowest BCUT2D eigenvalue weighted by Crippen LogP contribution is -2.32. The Labute approximate surface area is 253 Å². The van der Waals surface area contributed by atoms with Crippen LogP contribution in [0.2, 0.25) is 0 Å². The summed E-state index contributed by atoms with van der Waals surface area (Å²) in [6, 6.07) is 6.59. The van der Waals surface area contributed by atoms with Gasteiger partial charge in [-0.05, 0) is 137 Å². The maximum Gasteiger partial charge on any atom is 0.309 e. The molecular formula is C36H46F4O3. The fourth-order valence-corrected chi connectivity index (χ4v) is 7.76. The lowest BCUT2D eigenvalue weighted by molar-refractivity contribution is -0.157. The Kier molecular flexibility index (Phi) is 10.7. The smallest absolute Gasteiger partial charge is 0.309 e. The first kappa shape index (κ1) is 31.8. The third-order valence-electron chi connectivity index (χ3n) is 10.5. The molecule has 0 spiro atoms. The Morgan fingerprint density at radius 1 is 0.698 bits per heavy atom. The van der Waals surface area contributed by atoms with Crippen molar-refractivity contribution in [1.82, 2.24) is 0 Å². The molecule has 3 nitrogen and oxygen atoms in total. The molecule has 0 unspecified atom stereocenters. The van der Waals surface area contributed by atoms with Crippen molar-refractivity contribution < 1.29 is 31.8 Å². The van der Waals surface area contributed by atoms with Crippen molar-refractivity contribution in [3.63, 3.8) is 0 Å². The fraction of sp³-hybridized carbons (Fsp3) is 0.639. The van der Waals surface area contributed by atoms with Gasteiger partial charge < -0.3 is 9.47 Å². The molecule has 3 fully saturated rings. The predicted octanol–water partition coefficient (Wildman–Crippen LogP) is 10.1. The van der Waals surface area contributed by atoms with Gasteiger partial charge in [0, 0.05) is 0 Å². The van der Waals surface area contributed by atoms with Gasteiger partial charge in [-0.2, -0.15) is 4.39 Å². The lowest BCUT2D eigenvalue weighted by Gasteiger charge is -2.38. The molecule has 43 heavy (non-hydrogen) atoms. The van der Waals surface area contributed by atoms with E-state index in [1.807, 2.05) is 6.92 Å². The number of benzene rings is 2. The number of esters is 1. The second-order valence-corrected chi connectivity index (χ2v) is 13.2. The summed E-state index contributed by atoms with van der Waals surface area (Å²) in [5, 5.41) is 0. The van der Waals surface area contributed by atoms with Crippen molar-refractivity contribution >= 4 is 5.97 Å². The molecule has 2 aromatic carbocycles. The van der Waals surface area contributed by atoms with Crippen molar-refractivity contribution in [3.8, 4) is 5.75 Å². The molecule has 0 saturated heterocycles. The third-order valence-corrected chi connectivity index (χ3v) is 10.5. The Morgan fingerprint density at radius 2 is 1.23 bits per heavy atom. The summed E-state index contributed by atoms with van der Waals surface area (Å²) in [7, 11) is 0. The highest BCUT2D eigenvalue weighted by Crippen LogP contribution is 2.45. The van der Waals surface area contributed by atoms with Crippen LogP contribution in [0.3, 0.4) is 0 Å². The van der Waals surface area contributed by atoms with Gasteiger partial charge in [-0.1, -0.05) is 31.5 Å². The van der Waals surface area contributed by atoms with Crippen LogP contribution < -0.4 is 4.74 Å². The van der Waals surface area contributed by atoms with Crippen molar-refractivity contribution in [2.24, 2.45) is 17.8 Å². The molecule has 0 amide bonds. The minimum atomic E-state index is -0.868. The maximum absolute atomic E-state index is 14.9. The summed E-state index contributed by atoms with van der Waals surface area (Å²) in [6.45, 7) is 3.97. The van der Waals surface area contributed by atoms with Crippen LogP contribution in [0.1, 0.15) is 125 Å². The molecule has 0 bridgehead atoms. The fourth-order valence-electron chi connectivity index (χ4n) is 7.76. The molecule has 3 saturated carbocycles. The molecule has 0 aromatic heterocycles. The van der Waals surface area contributed by atoms with E-state index in [2.05, 4.69) is 0 Å². The standard InChI is InChI=1S/C36H46F4O3/c1-3-4-21-42-31-20-19-30(34(39)35(31)40)25-8-6-23(7-9-25)24-14-16-28(17-15-24)43-36(41)27-12-10-26(11-13-27)29-18-5-22(2)32(37)33(29)38/h5,18-20,23-28H,3-4,6-17,21H2,1-2H3. The van der Waals surface area contributed by atoms with Gasteiger partial charge >= 0.3 is 5.97 Å². The molecule has 3 aliphatic rings. The number of aryl methyl sites for hydroxylation is 1. The monoisotopic (exact) mass is 602 g/mol. The van der Waals surface area contributed by atoms with Gasteiger partial charge in [0.1, 0.15) is 6.10 Å². The van der Waals surface area contributed by atoms with Gasteiger partial charge in [0.25, 0.3) is 0 Å². The van der Waals surface area contributed by atoms with Crippen LogP contribution in [0, 0.1) is 47.9 Å². The molecule has 0 heterocycles. The summed E-state index contributed by atoms with van der Waals surface area (Å²) >= 11 is 0. The van der Waals surface area contributed by atoms with E-state index in [1.54, 1.807) is 31.2 Å². The first-order valence-corrected chi connectivity index (χ1v) is 16.5. The number of halogens is 4. The zero-order valence-electron chi connectivity index (χ0n) is 25.6. The Balaban J connectivity index is 1.04. The number of carbonyl (C=O) groups is 1. The molecule has 0 N–H and O–H groups in total. The van der Waals surface area contributed by atoms with E-state index in [9.17, 15) is 22.4 Å². The van der Waals surface area contributed by atoms with Crippen molar-refractivity contribution in [2.75, 3.05) is 6.61 Å². The van der Waals surface area contributed by atoms with E-state index in [0.29, 0.717) is 60.8 Å². The van der Waals surface area contributed by atoms with Gasteiger partial charge in [0.15, 0.2) is 23.2 Å². The van der Waals surface area contributed by atoms with Crippen LogP contribution in [0.4, 0.5) is 17.6 Å². The van der Waals surface area contributed by atoms with Crippen LogP contribution in [0.5, 0.6) is 5.75 Å². The number of hydrogen-bond donors (Lipinski definition) is 0. The van der Waals surface area contributed by atoms with Gasteiger partial charge in [-0.15, -0.1) is 0 Å². The van der Waals surface area contributed by atoms with Crippen molar-refractivity contribution in [1.29, 1.82) is 0 Å². The molecule has 0 aliphatic heterocycles. The first-order chi connectivity index (χ1) is 20.8. The SMILES string of the molecule is CCCCOc1ccc(C2CCC(C3CCC(OC(=O)C4CCC(c5ccc(C)c(F)c5F)CC4)CC3)CC2)c(F)c1F. The van der Waals surface area contributed by atoms with Crippen LogP contribution in [-0.2, 0) is 9.53 Å². The zero-order valence-corrected chi connectivity index (χ0v) is 25.6. The van der Waals surface area contributed by atoms with E-state index in [0.717, 1.165) is 64.2 Å².